The van der Waals surface area contributed by atoms with Crippen LogP contribution >= 0.6 is 0 Å². The minimum Gasteiger partial charge on any atom is -0.491 e. The monoisotopic (exact) mass is 273 g/mol. The van der Waals surface area contributed by atoms with Crippen LogP contribution in [0.15, 0.2) is 30.3 Å². The summed E-state index contributed by atoms with van der Waals surface area (Å²) >= 11 is 0. The minimum absolute atomic E-state index is 0.135. The SMILES string of the molecule is CC(C)Oc1ccc2nc(CC(C)C(=O)O)ccc2c1. The number of aliphatic carboxylic acids is 1. The first kappa shape index (κ1) is 14.3. The molecule has 0 saturated heterocycles. The van der Waals surface area contributed by atoms with Gasteiger partial charge in [0.05, 0.1) is 17.5 Å². The Kier molecular flexibility index (Phi) is 4.23. The smallest absolute Gasteiger partial charge is 0.306 e. The Morgan fingerprint density at radius 2 is 2.00 bits per heavy atom. The Morgan fingerprint density at radius 1 is 1.25 bits per heavy atom. The number of nitrogens with zero attached hydrogens (tertiary/aromatic N) is 1. The lowest BCUT2D eigenvalue weighted by Crippen LogP contribution is -2.13. The summed E-state index contributed by atoms with van der Waals surface area (Å²) < 4.78 is 5.64. The number of carboxylic acids is 1. The van der Waals surface area contributed by atoms with Crippen LogP contribution < -0.4 is 4.74 Å². The molecule has 2 rings (SSSR count). The fourth-order valence-corrected chi connectivity index (χ4v) is 2.01. The summed E-state index contributed by atoms with van der Waals surface area (Å²) in [4.78, 5) is 15.4. The summed E-state index contributed by atoms with van der Waals surface area (Å²) in [5.41, 5.74) is 1.65. The van der Waals surface area contributed by atoms with Gasteiger partial charge in [-0.1, -0.05) is 13.0 Å². The van der Waals surface area contributed by atoms with Crippen LogP contribution in [-0.4, -0.2) is 22.2 Å². The Hall–Kier alpha value is -2.10. The van der Waals surface area contributed by atoms with Crippen molar-refractivity contribution in [2.24, 2.45) is 5.92 Å². The predicted molar refractivity (Wildman–Crippen MR) is 78.0 cm³/mol. The van der Waals surface area contributed by atoms with E-state index in [-0.39, 0.29) is 6.10 Å². The maximum Gasteiger partial charge on any atom is 0.306 e. The summed E-state index contributed by atoms with van der Waals surface area (Å²) in [5, 5.41) is 9.93. The van der Waals surface area contributed by atoms with E-state index in [1.807, 2.05) is 44.2 Å². The number of benzene rings is 1. The molecule has 0 aliphatic rings. The fraction of sp³-hybridized carbons (Fsp3) is 0.375. The van der Waals surface area contributed by atoms with Gasteiger partial charge in [-0.05, 0) is 38.1 Å². The van der Waals surface area contributed by atoms with E-state index in [9.17, 15) is 4.79 Å². The van der Waals surface area contributed by atoms with E-state index in [0.717, 1.165) is 22.3 Å². The Bertz CT molecular complexity index is 622. The van der Waals surface area contributed by atoms with Crippen molar-refractivity contribution in [1.82, 2.24) is 4.98 Å². The maximum atomic E-state index is 10.9. The van der Waals surface area contributed by atoms with Crippen LogP contribution in [0.25, 0.3) is 10.9 Å². The fourth-order valence-electron chi connectivity index (χ4n) is 2.01. The van der Waals surface area contributed by atoms with Crippen LogP contribution in [0.5, 0.6) is 5.75 Å². The van der Waals surface area contributed by atoms with Crippen molar-refractivity contribution >= 4 is 16.9 Å². The zero-order valence-electron chi connectivity index (χ0n) is 12.0. The van der Waals surface area contributed by atoms with Gasteiger partial charge in [0.1, 0.15) is 5.75 Å². The molecule has 0 radical (unpaired) electrons. The van der Waals surface area contributed by atoms with Gasteiger partial charge < -0.3 is 9.84 Å². The highest BCUT2D eigenvalue weighted by Crippen LogP contribution is 2.21. The third-order valence-corrected chi connectivity index (χ3v) is 3.03. The molecule has 2 aromatic rings. The molecule has 4 nitrogen and oxygen atoms in total. The van der Waals surface area contributed by atoms with Gasteiger partial charge in [-0.2, -0.15) is 0 Å². The summed E-state index contributed by atoms with van der Waals surface area (Å²) in [6.45, 7) is 5.66. The zero-order chi connectivity index (χ0) is 14.7. The van der Waals surface area contributed by atoms with E-state index < -0.39 is 11.9 Å². The second-order valence-electron chi connectivity index (χ2n) is 5.27. The van der Waals surface area contributed by atoms with Gasteiger partial charge in [-0.3, -0.25) is 9.78 Å². The van der Waals surface area contributed by atoms with Crippen LogP contribution in [0.2, 0.25) is 0 Å². The molecule has 0 spiro atoms. The van der Waals surface area contributed by atoms with Crippen molar-refractivity contribution in [2.75, 3.05) is 0 Å². The van der Waals surface area contributed by atoms with Gasteiger partial charge >= 0.3 is 5.97 Å². The molecule has 0 aliphatic heterocycles. The van der Waals surface area contributed by atoms with Crippen LogP contribution in [0.4, 0.5) is 0 Å². The molecule has 0 aliphatic carbocycles. The lowest BCUT2D eigenvalue weighted by molar-refractivity contribution is -0.141. The molecule has 0 fully saturated rings. The number of fused-ring (bicyclic) bond motifs is 1. The van der Waals surface area contributed by atoms with Crippen molar-refractivity contribution in [2.45, 2.75) is 33.3 Å². The summed E-state index contributed by atoms with van der Waals surface area (Å²) in [6, 6.07) is 9.58. The van der Waals surface area contributed by atoms with Crippen LogP contribution in [-0.2, 0) is 11.2 Å². The molecule has 20 heavy (non-hydrogen) atoms. The van der Waals surface area contributed by atoms with E-state index >= 15 is 0 Å². The topological polar surface area (TPSA) is 59.4 Å². The third-order valence-electron chi connectivity index (χ3n) is 3.03. The average molecular weight is 273 g/mol. The quantitative estimate of drug-likeness (QED) is 0.908. The number of ether oxygens (including phenoxy) is 1. The molecule has 4 heteroatoms. The van der Waals surface area contributed by atoms with E-state index in [4.69, 9.17) is 9.84 Å². The van der Waals surface area contributed by atoms with Crippen LogP contribution in [0.3, 0.4) is 0 Å². The number of carboxylic acid groups (broad SMARTS) is 1. The molecule has 1 unspecified atom stereocenters. The molecule has 0 saturated carbocycles. The van der Waals surface area contributed by atoms with Crippen molar-refractivity contribution in [3.8, 4) is 5.75 Å². The largest absolute Gasteiger partial charge is 0.491 e. The van der Waals surface area contributed by atoms with Gasteiger partial charge in [0, 0.05) is 17.5 Å². The molecule has 0 amide bonds. The highest BCUT2D eigenvalue weighted by atomic mass is 16.5. The van der Waals surface area contributed by atoms with Crippen LogP contribution in [0.1, 0.15) is 26.5 Å². The highest BCUT2D eigenvalue weighted by Gasteiger charge is 2.12. The second-order valence-corrected chi connectivity index (χ2v) is 5.27. The molecule has 0 bridgehead atoms. The summed E-state index contributed by atoms with van der Waals surface area (Å²) in [6.07, 6.45) is 0.575. The van der Waals surface area contributed by atoms with E-state index in [1.165, 1.54) is 0 Å². The lowest BCUT2D eigenvalue weighted by Gasteiger charge is -2.11. The number of hydrogen-bond donors (Lipinski definition) is 1. The predicted octanol–water partition coefficient (Wildman–Crippen LogP) is 3.29. The standard InChI is InChI=1S/C16H19NO3/c1-10(2)20-14-6-7-15-12(9-14)4-5-13(17-15)8-11(3)16(18)19/h4-7,9-11H,8H2,1-3H3,(H,18,19). The molecule has 106 valence electrons. The normalized spacial score (nSPS) is 12.6. The van der Waals surface area contributed by atoms with Gasteiger partial charge in [-0.25, -0.2) is 0 Å². The van der Waals surface area contributed by atoms with E-state index in [0.29, 0.717) is 6.42 Å². The summed E-state index contributed by atoms with van der Waals surface area (Å²) in [7, 11) is 0. The molecule has 1 atom stereocenters. The molecule has 1 aromatic carbocycles. The highest BCUT2D eigenvalue weighted by molar-refractivity contribution is 5.80. The van der Waals surface area contributed by atoms with Crippen molar-refractivity contribution in [3.05, 3.63) is 36.0 Å². The Balaban J connectivity index is 2.24. The zero-order valence-corrected chi connectivity index (χ0v) is 12.0. The second kappa shape index (κ2) is 5.90. The van der Waals surface area contributed by atoms with Gasteiger partial charge in [-0.15, -0.1) is 0 Å². The molecular formula is C16H19NO3. The van der Waals surface area contributed by atoms with Crippen molar-refractivity contribution in [1.29, 1.82) is 0 Å². The first-order chi connectivity index (χ1) is 9.45. The first-order valence-electron chi connectivity index (χ1n) is 6.75. The Morgan fingerprint density at radius 3 is 2.65 bits per heavy atom. The number of aromatic nitrogens is 1. The number of hydrogen-bond acceptors (Lipinski definition) is 3. The van der Waals surface area contributed by atoms with Gasteiger partial charge in [0.25, 0.3) is 0 Å². The Labute approximate surface area is 118 Å². The molecule has 1 heterocycles. The maximum absolute atomic E-state index is 10.9. The molecule has 1 aromatic heterocycles. The molecular weight excluding hydrogens is 254 g/mol. The van der Waals surface area contributed by atoms with E-state index in [2.05, 4.69) is 4.98 Å². The minimum atomic E-state index is -0.799. The van der Waals surface area contributed by atoms with Crippen molar-refractivity contribution < 1.29 is 14.6 Å². The van der Waals surface area contributed by atoms with Gasteiger partial charge in [0.15, 0.2) is 0 Å². The van der Waals surface area contributed by atoms with Crippen molar-refractivity contribution in [3.63, 3.8) is 0 Å². The summed E-state index contributed by atoms with van der Waals surface area (Å²) in [5.74, 6) is -0.406. The van der Waals surface area contributed by atoms with E-state index in [1.54, 1.807) is 6.92 Å². The number of rotatable bonds is 5. The lowest BCUT2D eigenvalue weighted by atomic mass is 10.0. The van der Waals surface area contributed by atoms with Gasteiger partial charge in [0.2, 0.25) is 0 Å². The molecule has 1 N–H and O–H groups in total. The average Bonchev–Trinajstić information content (AvgIpc) is 2.38. The number of pyridine rings is 1. The first-order valence-corrected chi connectivity index (χ1v) is 6.75. The number of carbonyl (C=O) groups is 1. The third kappa shape index (κ3) is 3.47. The van der Waals surface area contributed by atoms with Crippen LogP contribution in [0, 0.1) is 5.92 Å².